The number of Topliss-reactive ketones (excluding diaryl/α,β-unsaturated/α-hetero) is 1. The van der Waals surface area contributed by atoms with Crippen molar-refractivity contribution in [2.24, 2.45) is 11.8 Å². The molecule has 108 valence electrons. The lowest BCUT2D eigenvalue weighted by Gasteiger charge is -2.30. The molecule has 1 aliphatic heterocycles. The Hall–Kier alpha value is -1.31. The maximum atomic E-state index is 12.8. The van der Waals surface area contributed by atoms with E-state index in [0.29, 0.717) is 11.7 Å². The highest BCUT2D eigenvalue weighted by molar-refractivity contribution is 5.98. The molecule has 2 aliphatic rings. The molecule has 1 saturated carbocycles. The van der Waals surface area contributed by atoms with Crippen LogP contribution in [0.25, 0.3) is 0 Å². The molecule has 1 fully saturated rings. The number of carbonyl (C=O) groups excluding carboxylic acids is 1. The van der Waals surface area contributed by atoms with Crippen molar-refractivity contribution in [1.29, 1.82) is 0 Å². The van der Waals surface area contributed by atoms with Gasteiger partial charge in [-0.15, -0.1) is 0 Å². The van der Waals surface area contributed by atoms with Crippen LogP contribution in [0.4, 0.5) is 5.69 Å². The summed E-state index contributed by atoms with van der Waals surface area (Å²) < 4.78 is 0. The van der Waals surface area contributed by atoms with Crippen LogP contribution in [0.15, 0.2) is 18.2 Å². The predicted octanol–water partition coefficient (Wildman–Crippen LogP) is 4.44. The zero-order valence-corrected chi connectivity index (χ0v) is 12.5. The zero-order valence-electron chi connectivity index (χ0n) is 12.5. The van der Waals surface area contributed by atoms with Crippen molar-refractivity contribution in [2.45, 2.75) is 51.9 Å². The third kappa shape index (κ3) is 2.61. The van der Waals surface area contributed by atoms with Crippen molar-refractivity contribution in [1.82, 2.24) is 0 Å². The molecule has 2 atom stereocenters. The van der Waals surface area contributed by atoms with Gasteiger partial charge in [0, 0.05) is 23.7 Å². The van der Waals surface area contributed by atoms with E-state index in [-0.39, 0.29) is 5.92 Å². The molecule has 2 unspecified atom stereocenters. The monoisotopic (exact) mass is 271 g/mol. The average Bonchev–Trinajstić information content (AvgIpc) is 2.53. The van der Waals surface area contributed by atoms with Crippen molar-refractivity contribution in [2.75, 3.05) is 11.9 Å². The van der Waals surface area contributed by atoms with E-state index in [9.17, 15) is 4.79 Å². The molecule has 1 aromatic carbocycles. The fraction of sp³-hybridized carbons (Fsp3) is 0.611. The van der Waals surface area contributed by atoms with Crippen molar-refractivity contribution < 1.29 is 4.79 Å². The second-order valence-electron chi connectivity index (χ2n) is 6.33. The molecule has 20 heavy (non-hydrogen) atoms. The molecule has 0 saturated heterocycles. The number of ketones is 1. The molecule has 2 nitrogen and oxygen atoms in total. The molecular formula is C18H25NO. The number of carbonyl (C=O) groups is 1. The van der Waals surface area contributed by atoms with Gasteiger partial charge in [0.2, 0.25) is 0 Å². The Bertz CT molecular complexity index is 494. The van der Waals surface area contributed by atoms with E-state index < -0.39 is 0 Å². The van der Waals surface area contributed by atoms with Gasteiger partial charge in [-0.25, -0.2) is 0 Å². The molecule has 1 N–H and O–H groups in total. The van der Waals surface area contributed by atoms with Crippen LogP contribution in [-0.2, 0) is 6.42 Å². The van der Waals surface area contributed by atoms with Gasteiger partial charge in [0.05, 0.1) is 0 Å². The molecular weight excluding hydrogens is 246 g/mol. The fourth-order valence-corrected chi connectivity index (χ4v) is 3.88. The highest BCUT2D eigenvalue weighted by Crippen LogP contribution is 2.35. The molecule has 0 aromatic heterocycles. The summed E-state index contributed by atoms with van der Waals surface area (Å²) in [6.07, 6.45) is 8.27. The van der Waals surface area contributed by atoms with Crippen molar-refractivity contribution in [3.05, 3.63) is 29.3 Å². The Kier molecular flexibility index (Phi) is 4.09. The van der Waals surface area contributed by atoms with Gasteiger partial charge in [-0.2, -0.15) is 0 Å². The third-order valence-electron chi connectivity index (χ3n) is 5.10. The SMILES string of the molecule is CCC1CCCCC1C(=O)c1ccc2c(c1)CCCN2. The van der Waals surface area contributed by atoms with Crippen LogP contribution >= 0.6 is 0 Å². The van der Waals surface area contributed by atoms with Crippen LogP contribution in [0, 0.1) is 11.8 Å². The maximum Gasteiger partial charge on any atom is 0.166 e. The van der Waals surface area contributed by atoms with Gasteiger partial charge >= 0.3 is 0 Å². The first kappa shape index (κ1) is 13.7. The largest absolute Gasteiger partial charge is 0.385 e. The van der Waals surface area contributed by atoms with Gasteiger partial charge in [-0.05, 0) is 55.4 Å². The Morgan fingerprint density at radius 3 is 2.95 bits per heavy atom. The zero-order chi connectivity index (χ0) is 13.9. The fourth-order valence-electron chi connectivity index (χ4n) is 3.88. The summed E-state index contributed by atoms with van der Waals surface area (Å²) in [6, 6.07) is 6.28. The number of fused-ring (bicyclic) bond motifs is 1. The number of hydrogen-bond donors (Lipinski definition) is 1. The minimum absolute atomic E-state index is 0.267. The Labute approximate surface area is 122 Å². The first-order valence-electron chi connectivity index (χ1n) is 8.20. The third-order valence-corrected chi connectivity index (χ3v) is 5.10. The Morgan fingerprint density at radius 1 is 1.25 bits per heavy atom. The highest BCUT2D eigenvalue weighted by atomic mass is 16.1. The van der Waals surface area contributed by atoms with E-state index in [0.717, 1.165) is 31.4 Å². The smallest absolute Gasteiger partial charge is 0.166 e. The summed E-state index contributed by atoms with van der Waals surface area (Å²) in [5, 5.41) is 3.42. The minimum atomic E-state index is 0.267. The lowest BCUT2D eigenvalue weighted by Crippen LogP contribution is -2.27. The lowest BCUT2D eigenvalue weighted by atomic mass is 9.74. The molecule has 1 aromatic rings. The maximum absolute atomic E-state index is 12.8. The van der Waals surface area contributed by atoms with Gasteiger partial charge in [0.1, 0.15) is 0 Å². The van der Waals surface area contributed by atoms with Gasteiger partial charge in [-0.3, -0.25) is 4.79 Å². The number of aryl methyl sites for hydroxylation is 1. The van der Waals surface area contributed by atoms with Crippen LogP contribution < -0.4 is 5.32 Å². The van der Waals surface area contributed by atoms with E-state index in [4.69, 9.17) is 0 Å². The molecule has 1 heterocycles. The van der Waals surface area contributed by atoms with Crippen molar-refractivity contribution in [3.8, 4) is 0 Å². The normalized spacial score (nSPS) is 25.6. The molecule has 0 radical (unpaired) electrons. The quantitative estimate of drug-likeness (QED) is 0.823. The summed E-state index contributed by atoms with van der Waals surface area (Å²) >= 11 is 0. The number of nitrogens with one attached hydrogen (secondary N) is 1. The summed E-state index contributed by atoms with van der Waals surface area (Å²) in [7, 11) is 0. The second kappa shape index (κ2) is 5.99. The molecule has 0 spiro atoms. The van der Waals surface area contributed by atoms with Crippen LogP contribution in [0.1, 0.15) is 61.4 Å². The van der Waals surface area contributed by atoms with Gasteiger partial charge in [0.15, 0.2) is 5.78 Å². The van der Waals surface area contributed by atoms with Gasteiger partial charge in [-0.1, -0.05) is 26.2 Å². The topological polar surface area (TPSA) is 29.1 Å². The predicted molar refractivity (Wildman–Crippen MR) is 83.3 cm³/mol. The number of anilines is 1. The van der Waals surface area contributed by atoms with E-state index in [2.05, 4.69) is 24.4 Å². The summed E-state index contributed by atoms with van der Waals surface area (Å²) in [4.78, 5) is 12.8. The van der Waals surface area contributed by atoms with E-state index in [1.165, 1.54) is 36.9 Å². The minimum Gasteiger partial charge on any atom is -0.385 e. The van der Waals surface area contributed by atoms with Crippen molar-refractivity contribution in [3.63, 3.8) is 0 Å². The number of hydrogen-bond acceptors (Lipinski definition) is 2. The molecule has 3 rings (SSSR count). The van der Waals surface area contributed by atoms with Gasteiger partial charge in [0.25, 0.3) is 0 Å². The lowest BCUT2D eigenvalue weighted by molar-refractivity contribution is 0.0820. The molecule has 0 bridgehead atoms. The van der Waals surface area contributed by atoms with Crippen LogP contribution in [0.2, 0.25) is 0 Å². The van der Waals surface area contributed by atoms with Crippen molar-refractivity contribution >= 4 is 11.5 Å². The van der Waals surface area contributed by atoms with E-state index in [1.54, 1.807) is 0 Å². The molecule has 2 heteroatoms. The summed E-state index contributed by atoms with van der Waals surface area (Å²) in [6.45, 7) is 3.29. The molecule has 0 amide bonds. The number of rotatable bonds is 3. The van der Waals surface area contributed by atoms with E-state index in [1.807, 2.05) is 6.07 Å². The molecule has 1 aliphatic carbocycles. The second-order valence-corrected chi connectivity index (χ2v) is 6.33. The highest BCUT2D eigenvalue weighted by Gasteiger charge is 2.30. The van der Waals surface area contributed by atoms with E-state index >= 15 is 0 Å². The Balaban J connectivity index is 1.82. The van der Waals surface area contributed by atoms with Crippen LogP contribution in [-0.4, -0.2) is 12.3 Å². The summed E-state index contributed by atoms with van der Waals surface area (Å²) in [5.41, 5.74) is 3.49. The first-order valence-corrected chi connectivity index (χ1v) is 8.20. The van der Waals surface area contributed by atoms with Gasteiger partial charge < -0.3 is 5.32 Å². The standard InChI is InChI=1S/C18H25NO/c1-2-13-6-3-4-8-16(13)18(20)15-9-10-17-14(12-15)7-5-11-19-17/h9-10,12-13,16,19H,2-8,11H2,1H3. The Morgan fingerprint density at radius 2 is 2.10 bits per heavy atom. The van der Waals surface area contributed by atoms with Crippen LogP contribution in [0.5, 0.6) is 0 Å². The average molecular weight is 271 g/mol. The number of benzene rings is 1. The summed E-state index contributed by atoms with van der Waals surface area (Å²) in [5.74, 6) is 1.26. The first-order chi connectivity index (χ1) is 9.79. The van der Waals surface area contributed by atoms with Crippen LogP contribution in [0.3, 0.4) is 0 Å².